The molecule has 0 spiro atoms. The van der Waals surface area contributed by atoms with Crippen molar-refractivity contribution in [2.45, 2.75) is 0 Å². The van der Waals surface area contributed by atoms with Gasteiger partial charge >= 0.3 is 0 Å². The molecule has 4 rings (SSSR count). The minimum absolute atomic E-state index is 0.259. The molecule has 8 nitrogen and oxygen atoms in total. The van der Waals surface area contributed by atoms with Gasteiger partial charge < -0.3 is 14.8 Å². The molecule has 3 aromatic carbocycles. The molecule has 150 valence electrons. The Morgan fingerprint density at radius 3 is 2.37 bits per heavy atom. The van der Waals surface area contributed by atoms with Crippen LogP contribution in [0.4, 0.5) is 5.69 Å². The fourth-order valence-corrected chi connectivity index (χ4v) is 2.78. The first-order valence-corrected chi connectivity index (χ1v) is 9.34. The molecule has 1 aromatic heterocycles. The molecule has 1 amide bonds. The number of carbonyl (C=O) groups is 1. The van der Waals surface area contributed by atoms with Crippen molar-refractivity contribution < 1.29 is 14.3 Å². The van der Waals surface area contributed by atoms with E-state index in [4.69, 9.17) is 9.47 Å². The van der Waals surface area contributed by atoms with Crippen molar-refractivity contribution >= 4 is 11.6 Å². The van der Waals surface area contributed by atoms with Crippen molar-refractivity contribution in [3.63, 3.8) is 0 Å². The van der Waals surface area contributed by atoms with Crippen LogP contribution in [-0.4, -0.2) is 39.3 Å². The Hall–Kier alpha value is -4.20. The van der Waals surface area contributed by atoms with E-state index in [1.807, 2.05) is 48.5 Å². The number of aromatic nitrogens is 4. The van der Waals surface area contributed by atoms with E-state index in [0.717, 1.165) is 11.4 Å². The van der Waals surface area contributed by atoms with Crippen LogP contribution in [0.1, 0.15) is 10.4 Å². The first-order valence-electron chi connectivity index (χ1n) is 9.34. The van der Waals surface area contributed by atoms with Crippen LogP contribution in [0.5, 0.6) is 11.5 Å². The van der Waals surface area contributed by atoms with Gasteiger partial charge in [0.15, 0.2) is 0 Å². The maximum Gasteiger partial charge on any atom is 0.259 e. The van der Waals surface area contributed by atoms with Gasteiger partial charge in [-0.2, -0.15) is 0 Å². The average molecular weight is 401 g/mol. The molecule has 0 aliphatic heterocycles. The van der Waals surface area contributed by atoms with E-state index in [1.54, 1.807) is 30.3 Å². The standard InChI is InChI=1S/C22H19N5O3/c28-22(24-17-10-12-18(13-11-17)27-16-23-25-26-27)20-8-4-5-9-21(20)30-15-14-29-19-6-2-1-3-7-19/h1-13,16H,14-15H2,(H,24,28). The summed E-state index contributed by atoms with van der Waals surface area (Å²) in [6, 6.07) is 23.8. The molecule has 4 aromatic rings. The van der Waals surface area contributed by atoms with Crippen molar-refractivity contribution in [1.82, 2.24) is 20.2 Å². The zero-order valence-electron chi connectivity index (χ0n) is 16.0. The van der Waals surface area contributed by atoms with E-state index < -0.39 is 0 Å². The number of nitrogens with zero attached hydrogens (tertiary/aromatic N) is 4. The van der Waals surface area contributed by atoms with Gasteiger partial charge in [0, 0.05) is 5.69 Å². The summed E-state index contributed by atoms with van der Waals surface area (Å²) in [5.74, 6) is 1.01. The van der Waals surface area contributed by atoms with Crippen LogP contribution in [0.15, 0.2) is 85.2 Å². The molecular formula is C22H19N5O3. The monoisotopic (exact) mass is 401 g/mol. The van der Waals surface area contributed by atoms with Crippen LogP contribution in [0.25, 0.3) is 5.69 Å². The third-order valence-corrected chi connectivity index (χ3v) is 4.22. The highest BCUT2D eigenvalue weighted by molar-refractivity contribution is 6.06. The summed E-state index contributed by atoms with van der Waals surface area (Å²) < 4.78 is 12.9. The van der Waals surface area contributed by atoms with Crippen molar-refractivity contribution in [2.75, 3.05) is 18.5 Å². The van der Waals surface area contributed by atoms with Gasteiger partial charge in [0.25, 0.3) is 5.91 Å². The number of para-hydroxylation sites is 2. The summed E-state index contributed by atoms with van der Waals surface area (Å²) in [6.45, 7) is 0.693. The van der Waals surface area contributed by atoms with Gasteiger partial charge in [-0.3, -0.25) is 4.79 Å². The smallest absolute Gasteiger partial charge is 0.259 e. The predicted molar refractivity (Wildman–Crippen MR) is 111 cm³/mol. The van der Waals surface area contributed by atoms with Crippen LogP contribution in [-0.2, 0) is 0 Å². The quantitative estimate of drug-likeness (QED) is 0.455. The molecule has 30 heavy (non-hydrogen) atoms. The van der Waals surface area contributed by atoms with Gasteiger partial charge in [-0.15, -0.1) is 5.10 Å². The highest BCUT2D eigenvalue weighted by atomic mass is 16.5. The summed E-state index contributed by atoms with van der Waals surface area (Å²) in [4.78, 5) is 12.7. The Morgan fingerprint density at radius 1 is 0.867 bits per heavy atom. The van der Waals surface area contributed by atoms with Gasteiger partial charge in [0.1, 0.15) is 31.0 Å². The lowest BCUT2D eigenvalue weighted by Gasteiger charge is -2.12. The van der Waals surface area contributed by atoms with E-state index in [0.29, 0.717) is 30.2 Å². The zero-order chi connectivity index (χ0) is 20.6. The van der Waals surface area contributed by atoms with Crippen LogP contribution >= 0.6 is 0 Å². The number of tetrazole rings is 1. The Balaban J connectivity index is 1.36. The zero-order valence-corrected chi connectivity index (χ0v) is 16.0. The highest BCUT2D eigenvalue weighted by Gasteiger charge is 2.12. The molecule has 1 heterocycles. The van der Waals surface area contributed by atoms with Gasteiger partial charge in [-0.1, -0.05) is 30.3 Å². The Kier molecular flexibility index (Phi) is 5.95. The second-order valence-corrected chi connectivity index (χ2v) is 6.26. The number of ether oxygens (including phenoxy) is 2. The molecule has 0 saturated heterocycles. The van der Waals surface area contributed by atoms with E-state index in [2.05, 4.69) is 20.8 Å². The lowest BCUT2D eigenvalue weighted by Crippen LogP contribution is -2.15. The minimum atomic E-state index is -0.259. The molecule has 1 N–H and O–H groups in total. The largest absolute Gasteiger partial charge is 0.490 e. The van der Waals surface area contributed by atoms with Crippen LogP contribution in [0.3, 0.4) is 0 Å². The van der Waals surface area contributed by atoms with E-state index in [9.17, 15) is 4.79 Å². The lowest BCUT2D eigenvalue weighted by molar-refractivity contribution is 0.102. The van der Waals surface area contributed by atoms with Gasteiger partial charge in [-0.05, 0) is 59.0 Å². The number of hydrogen-bond acceptors (Lipinski definition) is 6. The maximum atomic E-state index is 12.7. The number of benzene rings is 3. The normalized spacial score (nSPS) is 10.4. The molecule has 0 aliphatic carbocycles. The maximum absolute atomic E-state index is 12.7. The Morgan fingerprint density at radius 2 is 1.60 bits per heavy atom. The molecule has 0 saturated carbocycles. The number of nitrogens with one attached hydrogen (secondary N) is 1. The van der Waals surface area contributed by atoms with Crippen LogP contribution in [0.2, 0.25) is 0 Å². The highest BCUT2D eigenvalue weighted by Crippen LogP contribution is 2.20. The third-order valence-electron chi connectivity index (χ3n) is 4.22. The average Bonchev–Trinajstić information content (AvgIpc) is 3.33. The van der Waals surface area contributed by atoms with Gasteiger partial charge in [-0.25, -0.2) is 4.68 Å². The molecule has 0 fully saturated rings. The Labute approximate surface area is 173 Å². The van der Waals surface area contributed by atoms with Crippen molar-refractivity contribution in [1.29, 1.82) is 0 Å². The number of amides is 1. The van der Waals surface area contributed by atoms with Crippen molar-refractivity contribution in [3.8, 4) is 17.2 Å². The van der Waals surface area contributed by atoms with E-state index in [1.165, 1.54) is 11.0 Å². The van der Waals surface area contributed by atoms with E-state index in [-0.39, 0.29) is 5.91 Å². The van der Waals surface area contributed by atoms with Crippen molar-refractivity contribution in [2.24, 2.45) is 0 Å². The SMILES string of the molecule is O=C(Nc1ccc(-n2cnnn2)cc1)c1ccccc1OCCOc1ccccc1. The Bertz CT molecular complexity index is 1080. The number of carbonyl (C=O) groups excluding carboxylic acids is 1. The first-order chi connectivity index (χ1) is 14.8. The van der Waals surface area contributed by atoms with Crippen molar-refractivity contribution in [3.05, 3.63) is 90.8 Å². The lowest BCUT2D eigenvalue weighted by atomic mass is 10.2. The topological polar surface area (TPSA) is 91.2 Å². The summed E-state index contributed by atoms with van der Waals surface area (Å²) in [6.07, 6.45) is 1.50. The summed E-state index contributed by atoms with van der Waals surface area (Å²) in [7, 11) is 0. The molecule has 0 radical (unpaired) electrons. The molecule has 0 unspecified atom stereocenters. The summed E-state index contributed by atoms with van der Waals surface area (Å²) >= 11 is 0. The second-order valence-electron chi connectivity index (χ2n) is 6.26. The van der Waals surface area contributed by atoms with Crippen LogP contribution < -0.4 is 14.8 Å². The fraction of sp³-hybridized carbons (Fsp3) is 0.0909. The first kappa shape index (κ1) is 19.1. The summed E-state index contributed by atoms with van der Waals surface area (Å²) in [5, 5.41) is 13.9. The molecule has 0 bridgehead atoms. The minimum Gasteiger partial charge on any atom is -0.490 e. The molecular weight excluding hydrogens is 382 g/mol. The number of rotatable bonds is 8. The predicted octanol–water partition coefficient (Wildman–Crippen LogP) is 3.37. The molecule has 0 aliphatic rings. The van der Waals surface area contributed by atoms with Crippen LogP contribution in [0, 0.1) is 0 Å². The third kappa shape index (κ3) is 4.79. The fourth-order valence-electron chi connectivity index (χ4n) is 2.78. The molecule has 8 heteroatoms. The second kappa shape index (κ2) is 9.33. The van der Waals surface area contributed by atoms with Gasteiger partial charge in [0.05, 0.1) is 11.3 Å². The molecule has 0 atom stereocenters. The van der Waals surface area contributed by atoms with E-state index >= 15 is 0 Å². The van der Waals surface area contributed by atoms with Gasteiger partial charge in [0.2, 0.25) is 0 Å². The summed E-state index contributed by atoms with van der Waals surface area (Å²) in [5.41, 5.74) is 1.89. The number of anilines is 1. The number of hydrogen-bond donors (Lipinski definition) is 1.